The van der Waals surface area contributed by atoms with Gasteiger partial charge in [0.1, 0.15) is 0 Å². The molecule has 0 spiro atoms. The number of rotatable bonds is 4. The molecule has 2 saturated heterocycles. The van der Waals surface area contributed by atoms with Crippen LogP contribution >= 0.6 is 0 Å². The quantitative estimate of drug-likeness (QED) is 0.887. The van der Waals surface area contributed by atoms with Crippen molar-refractivity contribution < 1.29 is 9.90 Å². The SMILES string of the molecule is O=C(O)[C@]12CCCN[C@@H]1CCN(Cc1cccc(-c3ccccn3)c1)C2. The van der Waals surface area contributed by atoms with E-state index in [4.69, 9.17) is 0 Å². The standard InChI is InChI=1S/C21H25N3O2/c25-20(26)21-9-4-11-23-19(21)8-12-24(15-21)14-16-5-3-6-17(13-16)18-7-1-2-10-22-18/h1-3,5-7,10,13,19,23H,4,8-9,11-12,14-15H2,(H,25,26)/t19-,21+/m1/s1. The molecule has 0 saturated carbocycles. The smallest absolute Gasteiger partial charge is 0.312 e. The predicted octanol–water partition coefficient (Wildman–Crippen LogP) is 2.78. The van der Waals surface area contributed by atoms with Crippen LogP contribution in [0.5, 0.6) is 0 Å². The molecule has 5 nitrogen and oxygen atoms in total. The third-order valence-electron chi connectivity index (χ3n) is 5.82. The molecule has 2 atom stereocenters. The van der Waals surface area contributed by atoms with Crippen molar-refractivity contribution in [2.24, 2.45) is 5.41 Å². The highest BCUT2D eigenvalue weighted by Crippen LogP contribution is 2.38. The van der Waals surface area contributed by atoms with Crippen LogP contribution in [0.4, 0.5) is 0 Å². The molecule has 26 heavy (non-hydrogen) atoms. The number of benzene rings is 1. The number of carboxylic acids is 1. The molecule has 0 bridgehead atoms. The van der Waals surface area contributed by atoms with Gasteiger partial charge in [-0.3, -0.25) is 14.7 Å². The second kappa shape index (κ2) is 7.17. The van der Waals surface area contributed by atoms with Crippen molar-refractivity contribution in [1.29, 1.82) is 0 Å². The fraction of sp³-hybridized carbons (Fsp3) is 0.429. The number of nitrogens with zero attached hydrogens (tertiary/aromatic N) is 2. The number of piperidine rings is 2. The maximum Gasteiger partial charge on any atom is 0.312 e. The lowest BCUT2D eigenvalue weighted by atomic mass is 9.70. The van der Waals surface area contributed by atoms with Crippen molar-refractivity contribution >= 4 is 5.97 Å². The van der Waals surface area contributed by atoms with Crippen LogP contribution in [0.15, 0.2) is 48.7 Å². The molecule has 5 heteroatoms. The van der Waals surface area contributed by atoms with Gasteiger partial charge in [0.05, 0.1) is 11.1 Å². The maximum atomic E-state index is 12.1. The summed E-state index contributed by atoms with van der Waals surface area (Å²) >= 11 is 0. The number of nitrogens with one attached hydrogen (secondary N) is 1. The number of carbonyl (C=O) groups is 1. The Bertz CT molecular complexity index is 780. The fourth-order valence-corrected chi connectivity index (χ4v) is 4.49. The summed E-state index contributed by atoms with van der Waals surface area (Å²) in [6.45, 7) is 3.27. The van der Waals surface area contributed by atoms with Gasteiger partial charge in [-0.25, -0.2) is 0 Å². The molecule has 2 N–H and O–H groups in total. The van der Waals surface area contributed by atoms with Crippen molar-refractivity contribution in [3.8, 4) is 11.3 Å². The van der Waals surface area contributed by atoms with Crippen LogP contribution in [0.3, 0.4) is 0 Å². The minimum Gasteiger partial charge on any atom is -0.481 e. The van der Waals surface area contributed by atoms with E-state index in [2.05, 4.69) is 39.5 Å². The number of aliphatic carboxylic acids is 1. The van der Waals surface area contributed by atoms with Crippen LogP contribution in [0.1, 0.15) is 24.8 Å². The number of fused-ring (bicyclic) bond motifs is 1. The molecule has 2 fully saturated rings. The first kappa shape index (κ1) is 17.2. The number of hydrogen-bond donors (Lipinski definition) is 2. The largest absolute Gasteiger partial charge is 0.481 e. The van der Waals surface area contributed by atoms with Crippen LogP contribution in [0, 0.1) is 5.41 Å². The first-order chi connectivity index (χ1) is 12.7. The normalized spacial score (nSPS) is 26.2. The first-order valence-electron chi connectivity index (χ1n) is 9.37. The van der Waals surface area contributed by atoms with Crippen molar-refractivity contribution in [1.82, 2.24) is 15.2 Å². The number of pyridine rings is 1. The average Bonchev–Trinajstić information content (AvgIpc) is 2.68. The summed E-state index contributed by atoms with van der Waals surface area (Å²) in [6.07, 6.45) is 4.40. The summed E-state index contributed by atoms with van der Waals surface area (Å²) in [5.41, 5.74) is 2.63. The van der Waals surface area contributed by atoms with Gasteiger partial charge in [0, 0.05) is 37.4 Å². The summed E-state index contributed by atoms with van der Waals surface area (Å²) in [6, 6.07) is 14.4. The monoisotopic (exact) mass is 351 g/mol. The lowest BCUT2D eigenvalue weighted by molar-refractivity contribution is -0.157. The van der Waals surface area contributed by atoms with Gasteiger partial charge in [-0.05, 0) is 49.6 Å². The third kappa shape index (κ3) is 3.24. The van der Waals surface area contributed by atoms with Crippen LogP contribution < -0.4 is 5.32 Å². The Balaban J connectivity index is 1.52. The van der Waals surface area contributed by atoms with E-state index in [0.717, 1.165) is 50.2 Å². The Morgan fingerprint density at radius 1 is 1.31 bits per heavy atom. The molecule has 2 aromatic rings. The average molecular weight is 351 g/mol. The van der Waals surface area contributed by atoms with Crippen molar-refractivity contribution in [3.05, 3.63) is 54.2 Å². The summed E-state index contributed by atoms with van der Waals surface area (Å²) in [7, 11) is 0. The molecule has 2 aliphatic rings. The third-order valence-corrected chi connectivity index (χ3v) is 5.82. The van der Waals surface area contributed by atoms with Gasteiger partial charge in [-0.2, -0.15) is 0 Å². The highest BCUT2D eigenvalue weighted by Gasteiger charge is 2.50. The molecule has 0 unspecified atom stereocenters. The van der Waals surface area contributed by atoms with E-state index < -0.39 is 11.4 Å². The molecule has 136 valence electrons. The Hall–Kier alpha value is -2.24. The molecule has 4 rings (SSSR count). The van der Waals surface area contributed by atoms with Gasteiger partial charge in [0.2, 0.25) is 0 Å². The lowest BCUT2D eigenvalue weighted by Crippen LogP contribution is -2.62. The van der Waals surface area contributed by atoms with Crippen LogP contribution in [-0.4, -0.2) is 46.6 Å². The van der Waals surface area contributed by atoms with Gasteiger partial charge >= 0.3 is 5.97 Å². The number of likely N-dealkylation sites (tertiary alicyclic amines) is 1. The minimum absolute atomic E-state index is 0.102. The van der Waals surface area contributed by atoms with E-state index in [1.165, 1.54) is 5.56 Å². The minimum atomic E-state index is -0.651. The zero-order valence-corrected chi connectivity index (χ0v) is 14.9. The Morgan fingerprint density at radius 3 is 3.04 bits per heavy atom. The molecular formula is C21H25N3O2. The lowest BCUT2D eigenvalue weighted by Gasteiger charge is -2.48. The predicted molar refractivity (Wildman–Crippen MR) is 101 cm³/mol. The van der Waals surface area contributed by atoms with E-state index in [1.807, 2.05) is 18.2 Å². The molecule has 0 radical (unpaired) electrons. The number of carboxylic acid groups (broad SMARTS) is 1. The van der Waals surface area contributed by atoms with Gasteiger partial charge in [0.15, 0.2) is 0 Å². The maximum absolute atomic E-state index is 12.1. The molecule has 1 aromatic heterocycles. The topological polar surface area (TPSA) is 65.5 Å². The van der Waals surface area contributed by atoms with Crippen LogP contribution in [-0.2, 0) is 11.3 Å². The van der Waals surface area contributed by atoms with Gasteiger partial charge in [-0.1, -0.05) is 24.3 Å². The zero-order valence-electron chi connectivity index (χ0n) is 14.9. The van der Waals surface area contributed by atoms with Crippen LogP contribution in [0.2, 0.25) is 0 Å². The highest BCUT2D eigenvalue weighted by molar-refractivity contribution is 5.76. The fourth-order valence-electron chi connectivity index (χ4n) is 4.49. The zero-order chi connectivity index (χ0) is 18.0. The second-order valence-corrected chi connectivity index (χ2v) is 7.49. The molecule has 0 amide bonds. The van der Waals surface area contributed by atoms with E-state index in [-0.39, 0.29) is 6.04 Å². The Morgan fingerprint density at radius 2 is 2.23 bits per heavy atom. The molecular weight excluding hydrogens is 326 g/mol. The molecule has 0 aliphatic carbocycles. The molecule has 3 heterocycles. The highest BCUT2D eigenvalue weighted by atomic mass is 16.4. The second-order valence-electron chi connectivity index (χ2n) is 7.49. The summed E-state index contributed by atoms with van der Waals surface area (Å²) in [5, 5.41) is 13.4. The van der Waals surface area contributed by atoms with E-state index in [9.17, 15) is 9.90 Å². The van der Waals surface area contributed by atoms with Gasteiger partial charge in [0.25, 0.3) is 0 Å². The van der Waals surface area contributed by atoms with E-state index in [1.54, 1.807) is 6.20 Å². The van der Waals surface area contributed by atoms with Gasteiger partial charge in [-0.15, -0.1) is 0 Å². The van der Waals surface area contributed by atoms with Crippen molar-refractivity contribution in [2.45, 2.75) is 31.8 Å². The Kier molecular flexibility index (Phi) is 4.74. The first-order valence-corrected chi connectivity index (χ1v) is 9.37. The van der Waals surface area contributed by atoms with Crippen molar-refractivity contribution in [2.75, 3.05) is 19.6 Å². The van der Waals surface area contributed by atoms with E-state index >= 15 is 0 Å². The summed E-state index contributed by atoms with van der Waals surface area (Å²) in [5.74, 6) is -0.651. The number of aromatic nitrogens is 1. The summed E-state index contributed by atoms with van der Waals surface area (Å²) < 4.78 is 0. The summed E-state index contributed by atoms with van der Waals surface area (Å²) in [4.78, 5) is 18.8. The molecule has 1 aromatic carbocycles. The van der Waals surface area contributed by atoms with Crippen LogP contribution in [0.25, 0.3) is 11.3 Å². The van der Waals surface area contributed by atoms with E-state index in [0.29, 0.717) is 6.54 Å². The molecule has 2 aliphatic heterocycles. The number of hydrogen-bond acceptors (Lipinski definition) is 4. The van der Waals surface area contributed by atoms with Gasteiger partial charge < -0.3 is 10.4 Å². The Labute approximate surface area is 154 Å². The van der Waals surface area contributed by atoms with Crippen molar-refractivity contribution in [3.63, 3.8) is 0 Å².